The average Bonchev–Trinajstić information content (AvgIpc) is 3.08. The average molecular weight is 336 g/mol. The first-order valence-electron chi connectivity index (χ1n) is 9.44. The minimum Gasteiger partial charge on any atom is -0.492 e. The van der Waals surface area contributed by atoms with Crippen LogP contribution < -0.4 is 9.30 Å². The van der Waals surface area contributed by atoms with E-state index in [-0.39, 0.29) is 5.41 Å². The molecule has 130 valence electrons. The van der Waals surface area contributed by atoms with E-state index in [0.29, 0.717) is 5.92 Å². The van der Waals surface area contributed by atoms with Crippen molar-refractivity contribution in [2.45, 2.75) is 58.3 Å². The SMILES string of the molecule is Cc1oc2c3c4c(ccc3c3c(c2[n+]1C)C(C)CO3)C(C)(C)CCC4. The van der Waals surface area contributed by atoms with Crippen molar-refractivity contribution in [3.8, 4) is 5.75 Å². The van der Waals surface area contributed by atoms with E-state index in [9.17, 15) is 0 Å². The molecular weight excluding hydrogens is 310 g/mol. The summed E-state index contributed by atoms with van der Waals surface area (Å²) in [5.74, 6) is 2.44. The van der Waals surface area contributed by atoms with Crippen LogP contribution in [0.2, 0.25) is 0 Å². The van der Waals surface area contributed by atoms with Crippen molar-refractivity contribution in [2.24, 2.45) is 7.05 Å². The van der Waals surface area contributed by atoms with E-state index in [1.165, 1.54) is 45.8 Å². The number of fused-ring (bicyclic) bond motifs is 8. The molecule has 1 aromatic heterocycles. The Labute approximate surface area is 148 Å². The molecule has 1 unspecified atom stereocenters. The zero-order valence-electron chi connectivity index (χ0n) is 15.8. The fourth-order valence-electron chi connectivity index (χ4n) is 5.04. The molecule has 0 radical (unpaired) electrons. The van der Waals surface area contributed by atoms with E-state index in [2.05, 4.69) is 51.4 Å². The molecular formula is C22H26NO2+. The Hall–Kier alpha value is -2.03. The standard InChI is InChI=1S/C22H26NO2/c1-12-11-24-20-15-8-9-16-14(7-6-10-22(16,3)4)18(15)21-19(17(12)20)23(5)13(2)25-21/h8-9,12H,6-7,10-11H2,1-5H3/q+1. The lowest BCUT2D eigenvalue weighted by molar-refractivity contribution is -0.657. The molecule has 25 heavy (non-hydrogen) atoms. The van der Waals surface area contributed by atoms with Gasteiger partial charge in [-0.05, 0) is 35.8 Å². The number of hydrogen-bond acceptors (Lipinski definition) is 2. The molecule has 2 heterocycles. The maximum absolute atomic E-state index is 6.33. The van der Waals surface area contributed by atoms with E-state index >= 15 is 0 Å². The van der Waals surface area contributed by atoms with Gasteiger partial charge in [0.2, 0.25) is 5.58 Å². The third-order valence-corrected chi connectivity index (χ3v) is 6.49. The minimum absolute atomic E-state index is 0.227. The summed E-state index contributed by atoms with van der Waals surface area (Å²) < 4.78 is 14.7. The molecule has 1 aliphatic heterocycles. The van der Waals surface area contributed by atoms with Gasteiger partial charge in [0.25, 0.3) is 5.52 Å². The molecule has 3 heteroatoms. The first-order valence-corrected chi connectivity index (χ1v) is 9.44. The van der Waals surface area contributed by atoms with E-state index in [0.717, 1.165) is 30.3 Å². The van der Waals surface area contributed by atoms with Gasteiger partial charge in [-0.25, -0.2) is 0 Å². The zero-order chi connectivity index (χ0) is 17.5. The summed E-state index contributed by atoms with van der Waals surface area (Å²) >= 11 is 0. The van der Waals surface area contributed by atoms with Crippen molar-refractivity contribution >= 4 is 21.9 Å². The van der Waals surface area contributed by atoms with Crippen LogP contribution in [0.5, 0.6) is 5.75 Å². The number of rotatable bonds is 0. The molecule has 2 aromatic carbocycles. The van der Waals surface area contributed by atoms with Crippen molar-refractivity contribution in [1.82, 2.24) is 0 Å². The van der Waals surface area contributed by atoms with Gasteiger partial charge in [-0.3, -0.25) is 0 Å². The summed E-state index contributed by atoms with van der Waals surface area (Å²) in [6.07, 6.45) is 3.61. The molecule has 0 fully saturated rings. The number of hydrogen-bond donors (Lipinski definition) is 0. The molecule has 0 amide bonds. The van der Waals surface area contributed by atoms with Crippen LogP contribution in [0.4, 0.5) is 0 Å². The van der Waals surface area contributed by atoms with E-state index in [4.69, 9.17) is 9.15 Å². The van der Waals surface area contributed by atoms with Gasteiger partial charge in [0.15, 0.2) is 0 Å². The van der Waals surface area contributed by atoms with Crippen LogP contribution >= 0.6 is 0 Å². The van der Waals surface area contributed by atoms with Gasteiger partial charge in [0.1, 0.15) is 12.8 Å². The number of benzene rings is 2. The normalized spacial score (nSPS) is 21.4. The lowest BCUT2D eigenvalue weighted by atomic mass is 9.71. The summed E-state index contributed by atoms with van der Waals surface area (Å²) in [6.45, 7) is 9.80. The molecule has 0 spiro atoms. The first-order chi connectivity index (χ1) is 11.9. The number of aryl methyl sites for hydroxylation is 3. The van der Waals surface area contributed by atoms with Gasteiger partial charge in [-0.15, -0.1) is 0 Å². The van der Waals surface area contributed by atoms with Crippen molar-refractivity contribution in [3.63, 3.8) is 0 Å². The van der Waals surface area contributed by atoms with Crippen molar-refractivity contribution in [1.29, 1.82) is 0 Å². The summed E-state index contributed by atoms with van der Waals surface area (Å²) in [7, 11) is 2.11. The number of ether oxygens (including phenoxy) is 1. The maximum Gasteiger partial charge on any atom is 0.344 e. The number of nitrogens with zero attached hydrogens (tertiary/aromatic N) is 1. The largest absolute Gasteiger partial charge is 0.492 e. The molecule has 2 aliphatic rings. The molecule has 3 nitrogen and oxygen atoms in total. The number of oxazole rings is 1. The van der Waals surface area contributed by atoms with Crippen molar-refractivity contribution in [3.05, 3.63) is 34.7 Å². The first kappa shape index (κ1) is 15.2. The maximum atomic E-state index is 6.33. The monoisotopic (exact) mass is 336 g/mol. The van der Waals surface area contributed by atoms with E-state index in [1.54, 1.807) is 0 Å². The lowest BCUT2D eigenvalue weighted by Gasteiger charge is -2.33. The van der Waals surface area contributed by atoms with Gasteiger partial charge in [-0.1, -0.05) is 32.9 Å². The second-order valence-electron chi connectivity index (χ2n) is 8.56. The minimum atomic E-state index is 0.227. The third-order valence-electron chi connectivity index (χ3n) is 6.49. The highest BCUT2D eigenvalue weighted by Gasteiger charge is 2.37. The zero-order valence-corrected chi connectivity index (χ0v) is 15.8. The van der Waals surface area contributed by atoms with Gasteiger partial charge < -0.3 is 9.15 Å². The molecule has 5 rings (SSSR count). The quantitative estimate of drug-likeness (QED) is 0.550. The van der Waals surface area contributed by atoms with Crippen molar-refractivity contribution in [2.75, 3.05) is 6.61 Å². The van der Waals surface area contributed by atoms with Crippen LogP contribution in [-0.2, 0) is 18.9 Å². The van der Waals surface area contributed by atoms with Gasteiger partial charge in [0, 0.05) is 16.7 Å². The fraction of sp³-hybridized carbons (Fsp3) is 0.500. The topological polar surface area (TPSA) is 26.2 Å². The fourth-order valence-corrected chi connectivity index (χ4v) is 5.04. The van der Waals surface area contributed by atoms with Crippen LogP contribution in [0, 0.1) is 6.92 Å². The van der Waals surface area contributed by atoms with Gasteiger partial charge in [0.05, 0.1) is 19.1 Å². The Kier molecular flexibility index (Phi) is 2.91. The molecule has 1 atom stereocenters. The number of aromatic nitrogens is 1. The third kappa shape index (κ3) is 1.84. The Balaban J connectivity index is 2.03. The summed E-state index contributed by atoms with van der Waals surface area (Å²) in [4.78, 5) is 0. The summed E-state index contributed by atoms with van der Waals surface area (Å²) in [5.41, 5.74) is 6.78. The van der Waals surface area contributed by atoms with Gasteiger partial charge in [-0.2, -0.15) is 4.57 Å². The van der Waals surface area contributed by atoms with Crippen LogP contribution in [0.3, 0.4) is 0 Å². The highest BCUT2D eigenvalue weighted by molar-refractivity contribution is 6.10. The van der Waals surface area contributed by atoms with Crippen LogP contribution in [0.1, 0.15) is 62.1 Å². The molecule has 0 bridgehead atoms. The van der Waals surface area contributed by atoms with Crippen molar-refractivity contribution < 1.29 is 13.7 Å². The lowest BCUT2D eigenvalue weighted by Crippen LogP contribution is -2.30. The molecule has 0 saturated carbocycles. The Morgan fingerprint density at radius 3 is 2.84 bits per heavy atom. The Morgan fingerprint density at radius 1 is 1.24 bits per heavy atom. The van der Waals surface area contributed by atoms with Gasteiger partial charge >= 0.3 is 5.89 Å². The summed E-state index contributed by atoms with van der Waals surface area (Å²) in [5, 5.41) is 2.52. The van der Waals surface area contributed by atoms with E-state index < -0.39 is 0 Å². The Bertz CT molecular complexity index is 1040. The highest BCUT2D eigenvalue weighted by Crippen LogP contribution is 2.49. The predicted molar refractivity (Wildman–Crippen MR) is 99.5 cm³/mol. The molecule has 3 aromatic rings. The second kappa shape index (κ2) is 4.78. The van der Waals surface area contributed by atoms with E-state index in [1.807, 2.05) is 0 Å². The van der Waals surface area contributed by atoms with Crippen LogP contribution in [0.15, 0.2) is 16.5 Å². The molecule has 0 saturated heterocycles. The second-order valence-corrected chi connectivity index (χ2v) is 8.56. The predicted octanol–water partition coefficient (Wildman–Crippen LogP) is 4.83. The molecule has 0 N–H and O–H groups in total. The Morgan fingerprint density at radius 2 is 2.04 bits per heavy atom. The molecule has 1 aliphatic carbocycles. The summed E-state index contributed by atoms with van der Waals surface area (Å²) in [6, 6.07) is 4.61. The van der Waals surface area contributed by atoms with Crippen LogP contribution in [-0.4, -0.2) is 6.61 Å². The smallest absolute Gasteiger partial charge is 0.344 e. The highest BCUT2D eigenvalue weighted by atomic mass is 16.5. The van der Waals surface area contributed by atoms with Crippen LogP contribution in [0.25, 0.3) is 21.9 Å².